The molecule has 1 amide bonds. The molecule has 110 valence electrons. The molecule has 0 spiro atoms. The Labute approximate surface area is 123 Å². The van der Waals surface area contributed by atoms with Crippen molar-refractivity contribution in [1.29, 1.82) is 0 Å². The summed E-state index contributed by atoms with van der Waals surface area (Å²) in [5, 5.41) is 10.3. The third-order valence-electron chi connectivity index (χ3n) is 3.36. The fourth-order valence-corrected chi connectivity index (χ4v) is 2.33. The van der Waals surface area contributed by atoms with E-state index in [1.54, 1.807) is 29.3 Å². The molecule has 3 rings (SSSR count). The molecule has 2 N–H and O–H groups in total. The Morgan fingerprint density at radius 1 is 1.29 bits per heavy atom. The number of carbonyl (C=O) groups excluding carboxylic acids is 1. The maximum atomic E-state index is 12.2. The van der Waals surface area contributed by atoms with Crippen LogP contribution in [0.15, 0.2) is 36.8 Å². The van der Waals surface area contributed by atoms with Crippen molar-refractivity contribution in [1.82, 2.24) is 25.0 Å². The Kier molecular flexibility index (Phi) is 4.23. The maximum absolute atomic E-state index is 12.2. The summed E-state index contributed by atoms with van der Waals surface area (Å²) in [5.74, 6) is 0.592. The molecule has 0 atom stereocenters. The first-order chi connectivity index (χ1) is 10.3. The number of nitrogens with one attached hydrogen (secondary N) is 2. The lowest BCUT2D eigenvalue weighted by atomic mass is 10.3. The van der Waals surface area contributed by atoms with E-state index in [9.17, 15) is 4.79 Å². The SMILES string of the molecule is O=C(CN1CCNCC1)Nc1cccnc1-n1cccn1. The quantitative estimate of drug-likeness (QED) is 0.834. The number of pyridine rings is 1. The third kappa shape index (κ3) is 3.45. The highest BCUT2D eigenvalue weighted by Gasteiger charge is 2.15. The summed E-state index contributed by atoms with van der Waals surface area (Å²) in [5.41, 5.74) is 0.668. The first kappa shape index (κ1) is 13.7. The van der Waals surface area contributed by atoms with Gasteiger partial charge in [-0.15, -0.1) is 0 Å². The fourth-order valence-electron chi connectivity index (χ4n) is 2.33. The van der Waals surface area contributed by atoms with Crippen LogP contribution in [0.5, 0.6) is 0 Å². The van der Waals surface area contributed by atoms with Gasteiger partial charge in [0.05, 0.1) is 12.2 Å². The zero-order chi connectivity index (χ0) is 14.5. The lowest BCUT2D eigenvalue weighted by molar-refractivity contribution is -0.117. The summed E-state index contributed by atoms with van der Waals surface area (Å²) < 4.78 is 1.64. The summed E-state index contributed by atoms with van der Waals surface area (Å²) in [6.45, 7) is 4.05. The van der Waals surface area contributed by atoms with Crippen LogP contribution in [0.4, 0.5) is 5.69 Å². The summed E-state index contributed by atoms with van der Waals surface area (Å²) >= 11 is 0. The van der Waals surface area contributed by atoms with Crippen LogP contribution in [0.25, 0.3) is 5.82 Å². The average molecular weight is 286 g/mol. The van der Waals surface area contributed by atoms with Crippen molar-refractivity contribution in [2.45, 2.75) is 0 Å². The van der Waals surface area contributed by atoms with Gasteiger partial charge in [0.2, 0.25) is 5.91 Å². The number of carbonyl (C=O) groups is 1. The second kappa shape index (κ2) is 6.47. The Bertz CT molecular complexity index is 591. The smallest absolute Gasteiger partial charge is 0.238 e. The van der Waals surface area contributed by atoms with Crippen molar-refractivity contribution < 1.29 is 4.79 Å². The van der Waals surface area contributed by atoms with E-state index in [-0.39, 0.29) is 5.91 Å². The molecular formula is C14H18N6O. The van der Waals surface area contributed by atoms with Gasteiger partial charge in [-0.25, -0.2) is 9.67 Å². The lowest BCUT2D eigenvalue weighted by Gasteiger charge is -2.26. The van der Waals surface area contributed by atoms with Gasteiger partial charge in [-0.05, 0) is 18.2 Å². The van der Waals surface area contributed by atoms with Crippen molar-refractivity contribution >= 4 is 11.6 Å². The van der Waals surface area contributed by atoms with Crippen LogP contribution in [0, 0.1) is 0 Å². The van der Waals surface area contributed by atoms with Gasteiger partial charge in [0.25, 0.3) is 0 Å². The summed E-state index contributed by atoms with van der Waals surface area (Å²) in [4.78, 5) is 18.6. The lowest BCUT2D eigenvalue weighted by Crippen LogP contribution is -2.46. The predicted octanol–water partition coefficient (Wildman–Crippen LogP) is 0.111. The Balaban J connectivity index is 1.68. The molecule has 0 aromatic carbocycles. The van der Waals surface area contributed by atoms with Crippen LogP contribution in [0.2, 0.25) is 0 Å². The zero-order valence-corrected chi connectivity index (χ0v) is 11.7. The topological polar surface area (TPSA) is 75.1 Å². The summed E-state index contributed by atoms with van der Waals surface area (Å²) in [6, 6.07) is 5.45. The van der Waals surface area contributed by atoms with E-state index in [4.69, 9.17) is 0 Å². The van der Waals surface area contributed by atoms with E-state index in [0.717, 1.165) is 26.2 Å². The summed E-state index contributed by atoms with van der Waals surface area (Å²) in [6.07, 6.45) is 5.16. The van der Waals surface area contributed by atoms with E-state index in [2.05, 4.69) is 25.6 Å². The fraction of sp³-hybridized carbons (Fsp3) is 0.357. The van der Waals surface area contributed by atoms with Gasteiger partial charge in [-0.3, -0.25) is 9.69 Å². The number of amides is 1. The predicted molar refractivity (Wildman–Crippen MR) is 79.3 cm³/mol. The maximum Gasteiger partial charge on any atom is 0.238 e. The van der Waals surface area contributed by atoms with Gasteiger partial charge in [-0.2, -0.15) is 5.10 Å². The van der Waals surface area contributed by atoms with Gasteiger partial charge in [0.1, 0.15) is 0 Å². The Morgan fingerprint density at radius 2 is 2.14 bits per heavy atom. The first-order valence-corrected chi connectivity index (χ1v) is 7.01. The number of rotatable bonds is 4. The second-order valence-corrected chi connectivity index (χ2v) is 4.90. The molecule has 1 aliphatic rings. The highest BCUT2D eigenvalue weighted by atomic mass is 16.2. The highest BCUT2D eigenvalue weighted by Crippen LogP contribution is 2.16. The van der Waals surface area contributed by atoms with E-state index in [1.165, 1.54) is 0 Å². The minimum absolute atomic E-state index is 0.0293. The van der Waals surface area contributed by atoms with Gasteiger partial charge < -0.3 is 10.6 Å². The van der Waals surface area contributed by atoms with Gasteiger partial charge in [0.15, 0.2) is 5.82 Å². The molecule has 2 aromatic heterocycles. The van der Waals surface area contributed by atoms with Crippen LogP contribution in [-0.4, -0.2) is 58.3 Å². The number of hydrogen-bond acceptors (Lipinski definition) is 5. The molecule has 1 aliphatic heterocycles. The molecule has 0 unspecified atom stereocenters. The molecular weight excluding hydrogens is 268 g/mol. The van der Waals surface area contributed by atoms with Crippen LogP contribution >= 0.6 is 0 Å². The van der Waals surface area contributed by atoms with Crippen LogP contribution < -0.4 is 10.6 Å². The van der Waals surface area contributed by atoms with Crippen LogP contribution in [0.1, 0.15) is 0 Å². The molecule has 1 fully saturated rings. The van der Waals surface area contributed by atoms with Crippen molar-refractivity contribution in [3.63, 3.8) is 0 Å². The van der Waals surface area contributed by atoms with E-state index in [1.807, 2.05) is 12.1 Å². The zero-order valence-electron chi connectivity index (χ0n) is 11.7. The number of aromatic nitrogens is 3. The molecule has 0 saturated carbocycles. The van der Waals surface area contributed by atoms with Crippen molar-refractivity contribution in [3.05, 3.63) is 36.8 Å². The molecule has 0 aliphatic carbocycles. The molecule has 2 aromatic rings. The standard InChI is InChI=1S/C14H18N6O/c21-13(11-19-9-6-15-7-10-19)18-12-3-1-4-16-14(12)20-8-2-5-17-20/h1-5,8,15H,6-7,9-11H2,(H,18,21). The van der Waals surface area contributed by atoms with E-state index < -0.39 is 0 Å². The Hall–Kier alpha value is -2.25. The monoisotopic (exact) mass is 286 g/mol. The largest absolute Gasteiger partial charge is 0.322 e. The van der Waals surface area contributed by atoms with Gasteiger partial charge >= 0.3 is 0 Å². The number of hydrogen-bond donors (Lipinski definition) is 2. The minimum Gasteiger partial charge on any atom is -0.322 e. The van der Waals surface area contributed by atoms with E-state index in [0.29, 0.717) is 18.1 Å². The van der Waals surface area contributed by atoms with E-state index >= 15 is 0 Å². The van der Waals surface area contributed by atoms with Crippen LogP contribution in [0.3, 0.4) is 0 Å². The normalized spacial score (nSPS) is 15.8. The first-order valence-electron chi connectivity index (χ1n) is 7.01. The molecule has 7 nitrogen and oxygen atoms in total. The second-order valence-electron chi connectivity index (χ2n) is 4.90. The summed E-state index contributed by atoms with van der Waals surface area (Å²) in [7, 11) is 0. The van der Waals surface area contributed by atoms with Crippen molar-refractivity contribution in [2.75, 3.05) is 38.0 Å². The molecule has 0 bridgehead atoms. The van der Waals surface area contributed by atoms with Gasteiger partial charge in [0, 0.05) is 44.8 Å². The number of piperazine rings is 1. The highest BCUT2D eigenvalue weighted by molar-refractivity contribution is 5.93. The van der Waals surface area contributed by atoms with Gasteiger partial charge in [-0.1, -0.05) is 0 Å². The molecule has 21 heavy (non-hydrogen) atoms. The van der Waals surface area contributed by atoms with Crippen molar-refractivity contribution in [3.8, 4) is 5.82 Å². The number of nitrogens with zero attached hydrogens (tertiary/aromatic N) is 4. The molecule has 0 radical (unpaired) electrons. The number of anilines is 1. The third-order valence-corrected chi connectivity index (χ3v) is 3.36. The molecule has 1 saturated heterocycles. The Morgan fingerprint density at radius 3 is 2.90 bits per heavy atom. The average Bonchev–Trinajstić information content (AvgIpc) is 3.03. The molecule has 7 heteroatoms. The van der Waals surface area contributed by atoms with Crippen LogP contribution in [-0.2, 0) is 4.79 Å². The van der Waals surface area contributed by atoms with Crippen molar-refractivity contribution in [2.24, 2.45) is 0 Å². The molecule has 3 heterocycles. The minimum atomic E-state index is -0.0293.